The highest BCUT2D eigenvalue weighted by Crippen LogP contribution is 2.36. The number of rotatable bonds is 0. The van der Waals surface area contributed by atoms with E-state index in [4.69, 9.17) is 18.9 Å². The molecule has 0 saturated carbocycles. The number of ether oxygens (including phenoxy) is 4. The zero-order valence-corrected chi connectivity index (χ0v) is 17.5. The van der Waals surface area contributed by atoms with Crippen LogP contribution < -0.4 is 9.47 Å². The molecule has 0 radical (unpaired) electrons. The zero-order valence-electron chi connectivity index (χ0n) is 17.5. The van der Waals surface area contributed by atoms with Gasteiger partial charge in [0.05, 0.1) is 26.4 Å². The molecule has 0 saturated heterocycles. The SMILES string of the molecule is c1ccc2c3c(ccc2c1)OCCOCCOCCOc1ccc2ccccc2c1C3. The van der Waals surface area contributed by atoms with Gasteiger partial charge in [0.15, 0.2) is 0 Å². The van der Waals surface area contributed by atoms with Gasteiger partial charge in [0, 0.05) is 17.5 Å². The largest absolute Gasteiger partial charge is 0.491 e. The smallest absolute Gasteiger partial charge is 0.123 e. The second kappa shape index (κ2) is 9.38. The summed E-state index contributed by atoms with van der Waals surface area (Å²) in [6, 6.07) is 25.3. The molecule has 1 aliphatic heterocycles. The van der Waals surface area contributed by atoms with Crippen molar-refractivity contribution in [2.75, 3.05) is 39.6 Å². The quantitative estimate of drug-likeness (QED) is 0.387. The molecule has 1 aliphatic rings. The van der Waals surface area contributed by atoms with Crippen LogP contribution in [0.5, 0.6) is 11.5 Å². The number of hydrogen-bond acceptors (Lipinski definition) is 4. The highest BCUT2D eigenvalue weighted by atomic mass is 16.6. The average molecular weight is 415 g/mol. The minimum atomic E-state index is 0.504. The molecule has 0 atom stereocenters. The van der Waals surface area contributed by atoms with Crippen molar-refractivity contribution in [2.24, 2.45) is 0 Å². The fourth-order valence-corrected chi connectivity index (χ4v) is 4.19. The number of fused-ring (bicyclic) bond motifs is 6. The Labute approximate surface area is 182 Å². The molecule has 0 amide bonds. The molecule has 4 heteroatoms. The van der Waals surface area contributed by atoms with Crippen LogP contribution >= 0.6 is 0 Å². The molecule has 0 spiro atoms. The van der Waals surface area contributed by atoms with Crippen molar-refractivity contribution in [3.63, 3.8) is 0 Å². The monoisotopic (exact) mass is 414 g/mol. The molecule has 0 fully saturated rings. The van der Waals surface area contributed by atoms with E-state index in [1.54, 1.807) is 0 Å². The predicted molar refractivity (Wildman–Crippen MR) is 123 cm³/mol. The summed E-state index contributed by atoms with van der Waals surface area (Å²) in [5.74, 6) is 1.79. The van der Waals surface area contributed by atoms with Gasteiger partial charge in [-0.2, -0.15) is 0 Å². The molecule has 31 heavy (non-hydrogen) atoms. The second-order valence-electron chi connectivity index (χ2n) is 7.63. The van der Waals surface area contributed by atoms with E-state index in [2.05, 4.69) is 72.8 Å². The van der Waals surface area contributed by atoms with Crippen LogP contribution in [-0.2, 0) is 15.9 Å². The molecular formula is C27H26O4. The van der Waals surface area contributed by atoms with E-state index in [0.717, 1.165) is 17.9 Å². The fraction of sp³-hybridized carbons (Fsp3) is 0.259. The average Bonchev–Trinajstić information content (AvgIpc) is 2.82. The van der Waals surface area contributed by atoms with Crippen molar-refractivity contribution in [3.05, 3.63) is 83.9 Å². The van der Waals surface area contributed by atoms with Gasteiger partial charge in [-0.15, -0.1) is 0 Å². The van der Waals surface area contributed by atoms with Crippen molar-refractivity contribution in [2.45, 2.75) is 6.42 Å². The van der Waals surface area contributed by atoms with Crippen LogP contribution in [0.2, 0.25) is 0 Å². The summed E-state index contributed by atoms with van der Waals surface area (Å²) in [6.07, 6.45) is 0.717. The molecule has 4 aromatic rings. The van der Waals surface area contributed by atoms with Crippen molar-refractivity contribution < 1.29 is 18.9 Å². The van der Waals surface area contributed by atoms with E-state index in [1.807, 2.05) is 0 Å². The molecule has 1 heterocycles. The van der Waals surface area contributed by atoms with Gasteiger partial charge >= 0.3 is 0 Å². The lowest BCUT2D eigenvalue weighted by atomic mass is 9.93. The van der Waals surface area contributed by atoms with E-state index in [1.165, 1.54) is 32.7 Å². The van der Waals surface area contributed by atoms with Gasteiger partial charge in [0.25, 0.3) is 0 Å². The topological polar surface area (TPSA) is 36.9 Å². The molecule has 4 aromatic carbocycles. The summed E-state index contributed by atoms with van der Waals surface area (Å²) in [5, 5.41) is 4.81. The third-order valence-electron chi connectivity index (χ3n) is 5.69. The van der Waals surface area contributed by atoms with Gasteiger partial charge in [0.2, 0.25) is 0 Å². The lowest BCUT2D eigenvalue weighted by Gasteiger charge is -2.18. The van der Waals surface area contributed by atoms with E-state index >= 15 is 0 Å². The highest BCUT2D eigenvalue weighted by Gasteiger charge is 2.16. The normalized spacial score (nSPS) is 15.7. The maximum atomic E-state index is 6.19. The third-order valence-corrected chi connectivity index (χ3v) is 5.69. The molecular weight excluding hydrogens is 388 g/mol. The first kappa shape index (κ1) is 19.9. The van der Waals surface area contributed by atoms with Crippen LogP contribution in [0.1, 0.15) is 11.1 Å². The number of benzene rings is 4. The van der Waals surface area contributed by atoms with Crippen LogP contribution in [0.4, 0.5) is 0 Å². The summed E-state index contributed by atoms with van der Waals surface area (Å²) >= 11 is 0. The summed E-state index contributed by atoms with van der Waals surface area (Å²) in [4.78, 5) is 0. The van der Waals surface area contributed by atoms with Gasteiger partial charge in [-0.25, -0.2) is 0 Å². The van der Waals surface area contributed by atoms with Gasteiger partial charge in [-0.3, -0.25) is 0 Å². The summed E-state index contributed by atoms with van der Waals surface area (Å²) < 4.78 is 23.7. The summed E-state index contributed by atoms with van der Waals surface area (Å²) in [7, 11) is 0. The molecule has 0 unspecified atom stereocenters. The van der Waals surface area contributed by atoms with Gasteiger partial charge in [-0.1, -0.05) is 60.7 Å². The van der Waals surface area contributed by atoms with Crippen LogP contribution in [0.3, 0.4) is 0 Å². The predicted octanol–water partition coefficient (Wildman–Crippen LogP) is 5.39. The lowest BCUT2D eigenvalue weighted by molar-refractivity contribution is 0.0274. The Bertz CT molecular complexity index is 1090. The minimum absolute atomic E-state index is 0.504. The van der Waals surface area contributed by atoms with E-state index in [9.17, 15) is 0 Å². The molecule has 4 nitrogen and oxygen atoms in total. The maximum Gasteiger partial charge on any atom is 0.123 e. The zero-order chi connectivity index (χ0) is 20.9. The minimum Gasteiger partial charge on any atom is -0.491 e. The first-order valence-electron chi connectivity index (χ1n) is 10.8. The van der Waals surface area contributed by atoms with Crippen LogP contribution in [0.15, 0.2) is 72.8 Å². The Hall–Kier alpha value is -3.08. The van der Waals surface area contributed by atoms with Gasteiger partial charge in [0.1, 0.15) is 24.7 Å². The molecule has 0 bridgehead atoms. The van der Waals surface area contributed by atoms with E-state index in [-0.39, 0.29) is 0 Å². The molecule has 0 N–H and O–H groups in total. The van der Waals surface area contributed by atoms with Crippen molar-refractivity contribution in [1.82, 2.24) is 0 Å². The number of hydrogen-bond donors (Lipinski definition) is 0. The first-order chi connectivity index (χ1) is 15.4. The summed E-state index contributed by atoms with van der Waals surface area (Å²) in [6.45, 7) is 3.18. The Balaban J connectivity index is 1.65. The molecule has 158 valence electrons. The highest BCUT2D eigenvalue weighted by molar-refractivity contribution is 5.91. The third kappa shape index (κ3) is 4.36. The van der Waals surface area contributed by atoms with Crippen molar-refractivity contribution in [3.8, 4) is 11.5 Å². The molecule has 0 aromatic heterocycles. The standard InChI is InChI=1S/C27H26O4/c1-3-7-22-20(5-1)9-11-26-24(22)19-25-23-8-4-2-6-21(23)10-12-27(25)31-18-16-29-14-13-28-15-17-30-26/h1-12H,13-19H2. The van der Waals surface area contributed by atoms with Crippen molar-refractivity contribution >= 4 is 21.5 Å². The lowest BCUT2D eigenvalue weighted by Crippen LogP contribution is -2.13. The van der Waals surface area contributed by atoms with Crippen LogP contribution in [-0.4, -0.2) is 39.6 Å². The van der Waals surface area contributed by atoms with Gasteiger partial charge in [-0.05, 0) is 33.7 Å². The fourth-order valence-electron chi connectivity index (χ4n) is 4.19. The maximum absolute atomic E-state index is 6.19. The van der Waals surface area contributed by atoms with E-state index < -0.39 is 0 Å². The first-order valence-corrected chi connectivity index (χ1v) is 10.8. The second-order valence-corrected chi connectivity index (χ2v) is 7.63. The van der Waals surface area contributed by atoms with Crippen LogP contribution in [0.25, 0.3) is 21.5 Å². The Kier molecular flexibility index (Phi) is 6.01. The molecule has 5 rings (SSSR count). The summed E-state index contributed by atoms with van der Waals surface area (Å²) in [5.41, 5.74) is 2.34. The Morgan fingerprint density at radius 3 is 1.42 bits per heavy atom. The molecule has 0 aliphatic carbocycles. The Morgan fingerprint density at radius 2 is 0.903 bits per heavy atom. The van der Waals surface area contributed by atoms with Crippen LogP contribution in [0, 0.1) is 0 Å². The van der Waals surface area contributed by atoms with Crippen molar-refractivity contribution in [1.29, 1.82) is 0 Å². The van der Waals surface area contributed by atoms with E-state index in [0.29, 0.717) is 39.6 Å². The van der Waals surface area contributed by atoms with Gasteiger partial charge < -0.3 is 18.9 Å². The Morgan fingerprint density at radius 1 is 0.452 bits per heavy atom.